The smallest absolute Gasteiger partial charge is 0.211 e. The first-order chi connectivity index (χ1) is 8.91. The number of pyridine rings is 1. The van der Waals surface area contributed by atoms with Crippen molar-refractivity contribution in [2.75, 3.05) is 37.3 Å². The van der Waals surface area contributed by atoms with Gasteiger partial charge in [-0.2, -0.15) is 4.31 Å². The first kappa shape index (κ1) is 14.7. The topological polar surface area (TPSA) is 73.7 Å². The largest absolute Gasteiger partial charge is 0.392 e. The van der Waals surface area contributed by atoms with Gasteiger partial charge in [-0.05, 0) is 22.0 Å². The molecule has 1 saturated heterocycles. The highest BCUT2D eigenvalue weighted by Crippen LogP contribution is 2.23. The molecule has 0 atom stereocenters. The number of rotatable bonds is 3. The fourth-order valence-corrected chi connectivity index (χ4v) is 3.31. The summed E-state index contributed by atoms with van der Waals surface area (Å²) in [5, 5.41) is 9.36. The third-order valence-corrected chi connectivity index (χ3v) is 4.82. The number of aromatic nitrogens is 1. The number of hydrogen-bond donors (Lipinski definition) is 1. The first-order valence-electron chi connectivity index (χ1n) is 5.87. The predicted molar refractivity (Wildman–Crippen MR) is 76.5 cm³/mol. The summed E-state index contributed by atoms with van der Waals surface area (Å²) in [5.74, 6) is 0.721. The molecule has 1 fully saturated rings. The molecule has 0 aliphatic carbocycles. The quantitative estimate of drug-likeness (QED) is 0.855. The normalized spacial score (nSPS) is 17.7. The van der Waals surface area contributed by atoms with Gasteiger partial charge in [-0.1, -0.05) is 0 Å². The van der Waals surface area contributed by atoms with E-state index in [9.17, 15) is 13.5 Å². The number of piperazine rings is 1. The van der Waals surface area contributed by atoms with Gasteiger partial charge in [-0.25, -0.2) is 13.4 Å². The summed E-state index contributed by atoms with van der Waals surface area (Å²) >= 11 is 3.32. The first-order valence-corrected chi connectivity index (χ1v) is 8.51. The lowest BCUT2D eigenvalue weighted by molar-refractivity contribution is 0.281. The van der Waals surface area contributed by atoms with E-state index >= 15 is 0 Å². The van der Waals surface area contributed by atoms with Crippen molar-refractivity contribution in [3.63, 3.8) is 0 Å². The number of aliphatic hydroxyl groups is 1. The molecule has 1 aliphatic rings. The van der Waals surface area contributed by atoms with Crippen molar-refractivity contribution in [1.29, 1.82) is 0 Å². The van der Waals surface area contributed by atoms with Crippen molar-refractivity contribution >= 4 is 31.8 Å². The fraction of sp³-hybridized carbons (Fsp3) is 0.545. The highest BCUT2D eigenvalue weighted by Gasteiger charge is 2.25. The van der Waals surface area contributed by atoms with Crippen LogP contribution in [0.5, 0.6) is 0 Å². The van der Waals surface area contributed by atoms with Crippen LogP contribution in [-0.2, 0) is 16.6 Å². The molecular weight excluding hydrogens is 334 g/mol. The number of anilines is 1. The summed E-state index contributed by atoms with van der Waals surface area (Å²) in [6, 6.07) is 1.82. The van der Waals surface area contributed by atoms with Gasteiger partial charge in [0, 0.05) is 42.4 Å². The van der Waals surface area contributed by atoms with Crippen LogP contribution in [0.4, 0.5) is 5.82 Å². The van der Waals surface area contributed by atoms with Gasteiger partial charge >= 0.3 is 0 Å². The maximum absolute atomic E-state index is 11.4. The Morgan fingerprint density at radius 2 is 2.00 bits per heavy atom. The van der Waals surface area contributed by atoms with E-state index in [-0.39, 0.29) is 6.61 Å². The van der Waals surface area contributed by atoms with E-state index in [1.54, 1.807) is 6.20 Å². The molecule has 6 nitrogen and oxygen atoms in total. The van der Waals surface area contributed by atoms with Crippen LogP contribution in [0.2, 0.25) is 0 Å². The van der Waals surface area contributed by atoms with E-state index in [0.717, 1.165) is 15.9 Å². The Morgan fingerprint density at radius 1 is 1.37 bits per heavy atom. The Bertz CT molecular complexity index is 556. The van der Waals surface area contributed by atoms with Crippen LogP contribution < -0.4 is 4.90 Å². The molecule has 0 radical (unpaired) electrons. The van der Waals surface area contributed by atoms with Crippen LogP contribution in [0.25, 0.3) is 0 Å². The second-order valence-corrected chi connectivity index (χ2v) is 7.34. The van der Waals surface area contributed by atoms with E-state index in [1.807, 2.05) is 11.0 Å². The van der Waals surface area contributed by atoms with E-state index in [2.05, 4.69) is 20.9 Å². The maximum atomic E-state index is 11.4. The molecule has 1 aromatic heterocycles. The van der Waals surface area contributed by atoms with Gasteiger partial charge in [0.25, 0.3) is 0 Å². The monoisotopic (exact) mass is 349 g/mol. The van der Waals surface area contributed by atoms with E-state index in [1.165, 1.54) is 10.6 Å². The zero-order chi connectivity index (χ0) is 14.0. The number of sulfonamides is 1. The fourth-order valence-electron chi connectivity index (χ4n) is 2.11. The van der Waals surface area contributed by atoms with Gasteiger partial charge in [-0.15, -0.1) is 0 Å². The minimum absolute atomic E-state index is 0.0892. The van der Waals surface area contributed by atoms with Crippen LogP contribution >= 0.6 is 15.9 Å². The number of aliphatic hydroxyl groups excluding tert-OH is 1. The van der Waals surface area contributed by atoms with Crippen molar-refractivity contribution in [3.05, 3.63) is 22.3 Å². The molecule has 8 heteroatoms. The lowest BCUT2D eigenvalue weighted by Crippen LogP contribution is -2.48. The predicted octanol–water partition coefficient (Wildman–Crippen LogP) is 0.418. The third kappa shape index (κ3) is 3.44. The molecule has 0 aromatic carbocycles. The summed E-state index contributed by atoms with van der Waals surface area (Å²) in [7, 11) is -3.12. The number of nitrogens with zero attached hydrogens (tertiary/aromatic N) is 3. The molecular formula is C11H16BrN3O3S. The minimum atomic E-state index is -3.12. The molecule has 2 heterocycles. The molecule has 0 amide bonds. The van der Waals surface area contributed by atoms with Gasteiger partial charge in [0.15, 0.2) is 0 Å². The van der Waals surface area contributed by atoms with Gasteiger partial charge < -0.3 is 10.0 Å². The van der Waals surface area contributed by atoms with Crippen molar-refractivity contribution in [3.8, 4) is 0 Å². The van der Waals surface area contributed by atoms with Crippen LogP contribution in [-0.4, -0.2) is 55.2 Å². The summed E-state index contributed by atoms with van der Waals surface area (Å²) in [6.07, 6.45) is 2.90. The van der Waals surface area contributed by atoms with Crippen LogP contribution in [0.15, 0.2) is 16.7 Å². The Kier molecular flexibility index (Phi) is 4.44. The second kappa shape index (κ2) is 5.74. The lowest BCUT2D eigenvalue weighted by Gasteiger charge is -2.34. The van der Waals surface area contributed by atoms with Gasteiger partial charge in [0.1, 0.15) is 5.82 Å². The zero-order valence-electron chi connectivity index (χ0n) is 10.6. The summed E-state index contributed by atoms with van der Waals surface area (Å²) in [4.78, 5) is 6.31. The van der Waals surface area contributed by atoms with Crippen LogP contribution in [0.3, 0.4) is 0 Å². The van der Waals surface area contributed by atoms with E-state index in [4.69, 9.17) is 0 Å². The standard InChI is InChI=1S/C11H16BrN3O3S/c1-19(17,18)15-4-2-14(3-5-15)11-9(8-16)6-10(12)7-13-11/h6-7,16H,2-5,8H2,1H3. The van der Waals surface area contributed by atoms with Crippen LogP contribution in [0, 0.1) is 0 Å². The average Bonchev–Trinajstić information content (AvgIpc) is 2.37. The second-order valence-electron chi connectivity index (χ2n) is 4.44. The molecule has 1 aliphatic heterocycles. The van der Waals surface area contributed by atoms with Gasteiger partial charge in [0.2, 0.25) is 10.0 Å². The van der Waals surface area contributed by atoms with Crippen molar-refractivity contribution < 1.29 is 13.5 Å². The summed E-state index contributed by atoms with van der Waals surface area (Å²) in [6.45, 7) is 1.96. The minimum Gasteiger partial charge on any atom is -0.392 e. The van der Waals surface area contributed by atoms with Crippen molar-refractivity contribution in [2.45, 2.75) is 6.61 Å². The SMILES string of the molecule is CS(=O)(=O)N1CCN(c2ncc(Br)cc2CO)CC1. The molecule has 0 unspecified atom stereocenters. The summed E-state index contributed by atoms with van der Waals surface area (Å²) < 4.78 is 25.2. The van der Waals surface area contributed by atoms with E-state index in [0.29, 0.717) is 26.2 Å². The van der Waals surface area contributed by atoms with Gasteiger partial charge in [-0.3, -0.25) is 0 Å². The molecule has 1 N–H and O–H groups in total. The van der Waals surface area contributed by atoms with Crippen LogP contribution in [0.1, 0.15) is 5.56 Å². The highest BCUT2D eigenvalue weighted by atomic mass is 79.9. The Hall–Kier alpha value is -0.700. The Labute approximate surface area is 121 Å². The molecule has 0 saturated carbocycles. The van der Waals surface area contributed by atoms with Crippen molar-refractivity contribution in [1.82, 2.24) is 9.29 Å². The van der Waals surface area contributed by atoms with Crippen molar-refractivity contribution in [2.24, 2.45) is 0 Å². The molecule has 1 aromatic rings. The summed E-state index contributed by atoms with van der Waals surface area (Å²) in [5.41, 5.74) is 0.738. The highest BCUT2D eigenvalue weighted by molar-refractivity contribution is 9.10. The molecule has 19 heavy (non-hydrogen) atoms. The number of halogens is 1. The third-order valence-electron chi connectivity index (χ3n) is 3.09. The molecule has 2 rings (SSSR count). The lowest BCUT2D eigenvalue weighted by atomic mass is 10.2. The molecule has 0 spiro atoms. The Balaban J connectivity index is 2.14. The molecule has 106 valence electrons. The average molecular weight is 350 g/mol. The van der Waals surface area contributed by atoms with E-state index < -0.39 is 10.0 Å². The van der Waals surface area contributed by atoms with Gasteiger partial charge in [0.05, 0.1) is 12.9 Å². The Morgan fingerprint density at radius 3 is 2.53 bits per heavy atom. The maximum Gasteiger partial charge on any atom is 0.211 e. The zero-order valence-corrected chi connectivity index (χ0v) is 13.0. The number of hydrogen-bond acceptors (Lipinski definition) is 5. The molecule has 0 bridgehead atoms.